The Morgan fingerprint density at radius 2 is 1.71 bits per heavy atom. The molecule has 0 radical (unpaired) electrons. The van der Waals surface area contributed by atoms with Gasteiger partial charge in [0.1, 0.15) is 23.1 Å². The SMILES string of the molecule is C[C@@]1(OC(=O)Oc2ccccc2)CC[C@@H]2C[C@H]1OO[C@@]2(C)CS(=O)(=O)c1ccccc1. The van der Waals surface area contributed by atoms with Crippen LogP contribution in [0.1, 0.15) is 33.1 Å². The first-order valence-electron chi connectivity index (χ1n) is 10.3. The summed E-state index contributed by atoms with van der Waals surface area (Å²) in [4.78, 5) is 23.8. The molecule has 0 unspecified atom stereocenters. The van der Waals surface area contributed by atoms with Gasteiger partial charge in [-0.2, -0.15) is 0 Å². The Hall–Kier alpha value is -2.42. The van der Waals surface area contributed by atoms with Crippen molar-refractivity contribution in [3.63, 3.8) is 0 Å². The number of para-hydroxylation sites is 1. The number of sulfone groups is 1. The van der Waals surface area contributed by atoms with Gasteiger partial charge in [-0.3, -0.25) is 0 Å². The number of hydrogen-bond donors (Lipinski definition) is 0. The van der Waals surface area contributed by atoms with Crippen molar-refractivity contribution in [1.82, 2.24) is 0 Å². The lowest BCUT2D eigenvalue weighted by Gasteiger charge is -2.51. The van der Waals surface area contributed by atoms with Gasteiger partial charge in [0.05, 0.1) is 10.6 Å². The monoisotopic (exact) mass is 446 g/mol. The van der Waals surface area contributed by atoms with Gasteiger partial charge in [0.15, 0.2) is 9.84 Å². The van der Waals surface area contributed by atoms with E-state index in [0.29, 0.717) is 25.0 Å². The Kier molecular flexibility index (Phi) is 5.81. The summed E-state index contributed by atoms with van der Waals surface area (Å²) in [5, 5.41) is 0. The fourth-order valence-electron chi connectivity index (χ4n) is 4.32. The molecule has 0 spiro atoms. The minimum absolute atomic E-state index is 0.0495. The highest BCUT2D eigenvalue weighted by Gasteiger charge is 2.55. The lowest BCUT2D eigenvalue weighted by atomic mass is 9.71. The molecular formula is C23H26O7S. The van der Waals surface area contributed by atoms with E-state index in [-0.39, 0.29) is 16.6 Å². The molecule has 166 valence electrons. The van der Waals surface area contributed by atoms with Crippen molar-refractivity contribution in [3.05, 3.63) is 60.7 Å². The van der Waals surface area contributed by atoms with Crippen LogP contribution in [0.15, 0.2) is 65.6 Å². The average molecular weight is 447 g/mol. The number of hydrogen-bond acceptors (Lipinski definition) is 7. The van der Waals surface area contributed by atoms with E-state index in [1.54, 1.807) is 68.4 Å². The molecule has 7 nitrogen and oxygen atoms in total. The van der Waals surface area contributed by atoms with Crippen molar-refractivity contribution in [2.45, 2.75) is 55.3 Å². The van der Waals surface area contributed by atoms with Crippen LogP contribution in [0.3, 0.4) is 0 Å². The fraction of sp³-hybridized carbons (Fsp3) is 0.435. The van der Waals surface area contributed by atoms with Gasteiger partial charge in [0.25, 0.3) is 0 Å². The van der Waals surface area contributed by atoms with Crippen LogP contribution in [0.2, 0.25) is 0 Å². The molecule has 2 aliphatic rings. The van der Waals surface area contributed by atoms with Gasteiger partial charge in [0.2, 0.25) is 0 Å². The smallest absolute Gasteiger partial charge is 0.425 e. The van der Waals surface area contributed by atoms with Crippen molar-refractivity contribution in [1.29, 1.82) is 0 Å². The zero-order chi connectivity index (χ0) is 22.1. The first-order chi connectivity index (χ1) is 14.7. The standard InChI is InChI=1S/C23H26O7S/c1-22(28-21(24)27-18-9-5-3-6-10-18)14-13-17-15-20(22)29-30-23(17,2)16-31(25,26)19-11-7-4-8-12-19/h3-12,17,20H,13-16H2,1-2H3/t17-,20-,22-,23+/m1/s1. The van der Waals surface area contributed by atoms with Gasteiger partial charge in [-0.25, -0.2) is 23.0 Å². The zero-order valence-electron chi connectivity index (χ0n) is 17.5. The molecule has 2 aromatic rings. The summed E-state index contributed by atoms with van der Waals surface area (Å²) in [6.45, 7) is 3.55. The molecule has 0 amide bonds. The number of fused-ring (bicyclic) bond motifs is 2. The molecular weight excluding hydrogens is 420 g/mol. The predicted molar refractivity (Wildman–Crippen MR) is 112 cm³/mol. The van der Waals surface area contributed by atoms with E-state index in [9.17, 15) is 13.2 Å². The summed E-state index contributed by atoms with van der Waals surface area (Å²) < 4.78 is 36.6. The molecule has 2 bridgehead atoms. The molecule has 8 heteroatoms. The second-order valence-corrected chi connectivity index (χ2v) is 10.6. The number of rotatable bonds is 5. The number of carbonyl (C=O) groups is 1. The fourth-order valence-corrected chi connectivity index (χ4v) is 6.10. The van der Waals surface area contributed by atoms with Crippen molar-refractivity contribution >= 4 is 16.0 Å². The molecule has 0 aromatic heterocycles. The normalized spacial score (nSPS) is 30.4. The third kappa shape index (κ3) is 4.61. The first kappa shape index (κ1) is 21.8. The molecule has 31 heavy (non-hydrogen) atoms. The summed E-state index contributed by atoms with van der Waals surface area (Å²) >= 11 is 0. The largest absolute Gasteiger partial charge is 0.514 e. The Morgan fingerprint density at radius 1 is 1.06 bits per heavy atom. The Balaban J connectivity index is 1.42. The molecule has 1 saturated heterocycles. The highest BCUT2D eigenvalue weighted by Crippen LogP contribution is 2.47. The summed E-state index contributed by atoms with van der Waals surface area (Å²) in [5.41, 5.74) is -1.92. The summed E-state index contributed by atoms with van der Waals surface area (Å²) in [6, 6.07) is 17.0. The van der Waals surface area contributed by atoms with Crippen LogP contribution in [0.5, 0.6) is 5.75 Å². The molecule has 0 N–H and O–H groups in total. The lowest BCUT2D eigenvalue weighted by molar-refractivity contribution is -0.441. The Morgan fingerprint density at radius 3 is 2.39 bits per heavy atom. The minimum Gasteiger partial charge on any atom is -0.425 e. The van der Waals surface area contributed by atoms with Crippen molar-refractivity contribution in [2.24, 2.45) is 5.92 Å². The predicted octanol–water partition coefficient (Wildman–Crippen LogP) is 4.32. The van der Waals surface area contributed by atoms with Crippen LogP contribution >= 0.6 is 0 Å². The van der Waals surface area contributed by atoms with Crippen LogP contribution in [-0.2, 0) is 24.3 Å². The quantitative estimate of drug-likeness (QED) is 0.384. The van der Waals surface area contributed by atoms with Gasteiger partial charge in [-0.05, 0) is 63.3 Å². The summed E-state index contributed by atoms with van der Waals surface area (Å²) in [5.74, 6) is 0.158. The summed E-state index contributed by atoms with van der Waals surface area (Å²) in [6.07, 6.45) is 0.347. The van der Waals surface area contributed by atoms with E-state index in [2.05, 4.69) is 0 Å². The van der Waals surface area contributed by atoms with Crippen LogP contribution in [0.25, 0.3) is 0 Å². The molecule has 1 heterocycles. The van der Waals surface area contributed by atoms with E-state index in [1.165, 1.54) is 0 Å². The van der Waals surface area contributed by atoms with Crippen molar-refractivity contribution in [2.75, 3.05) is 5.75 Å². The second kappa shape index (κ2) is 8.26. The highest BCUT2D eigenvalue weighted by molar-refractivity contribution is 7.91. The maximum atomic E-state index is 12.9. The van der Waals surface area contributed by atoms with Crippen molar-refractivity contribution in [3.8, 4) is 5.75 Å². The van der Waals surface area contributed by atoms with E-state index >= 15 is 0 Å². The van der Waals surface area contributed by atoms with E-state index in [4.69, 9.17) is 19.2 Å². The summed E-state index contributed by atoms with van der Waals surface area (Å²) in [7, 11) is -3.55. The Labute approximate surface area is 182 Å². The zero-order valence-corrected chi connectivity index (χ0v) is 18.3. The lowest BCUT2D eigenvalue weighted by Crippen LogP contribution is -2.60. The molecule has 4 atom stereocenters. The van der Waals surface area contributed by atoms with E-state index < -0.39 is 33.3 Å². The van der Waals surface area contributed by atoms with Crippen LogP contribution in [-0.4, -0.2) is 37.6 Å². The van der Waals surface area contributed by atoms with E-state index in [0.717, 1.165) is 0 Å². The molecule has 1 aliphatic carbocycles. The third-order valence-electron chi connectivity index (χ3n) is 6.23. The van der Waals surface area contributed by atoms with Gasteiger partial charge >= 0.3 is 6.16 Å². The van der Waals surface area contributed by atoms with Crippen LogP contribution < -0.4 is 4.74 Å². The minimum atomic E-state index is -3.55. The van der Waals surface area contributed by atoms with E-state index in [1.807, 2.05) is 6.07 Å². The van der Waals surface area contributed by atoms with Gasteiger partial charge in [-0.1, -0.05) is 36.4 Å². The van der Waals surface area contributed by atoms with Crippen molar-refractivity contribution < 1.29 is 32.5 Å². The molecule has 2 aromatic carbocycles. The molecule has 1 saturated carbocycles. The topological polar surface area (TPSA) is 88.1 Å². The van der Waals surface area contributed by atoms with Gasteiger partial charge in [0, 0.05) is 0 Å². The molecule has 4 rings (SSSR count). The maximum Gasteiger partial charge on any atom is 0.514 e. The van der Waals surface area contributed by atoms with Crippen LogP contribution in [0, 0.1) is 5.92 Å². The highest BCUT2D eigenvalue weighted by atomic mass is 32.2. The third-order valence-corrected chi connectivity index (χ3v) is 8.17. The number of carbonyl (C=O) groups excluding carboxylic acids is 1. The Bertz CT molecular complexity index is 1020. The number of ether oxygens (including phenoxy) is 2. The average Bonchev–Trinajstić information content (AvgIpc) is 2.73. The van der Waals surface area contributed by atoms with Gasteiger partial charge in [-0.15, -0.1) is 0 Å². The molecule has 1 aliphatic heterocycles. The van der Waals surface area contributed by atoms with Gasteiger partial charge < -0.3 is 9.47 Å². The second-order valence-electron chi connectivity index (χ2n) is 8.60. The maximum absolute atomic E-state index is 12.9. The first-order valence-corrected chi connectivity index (χ1v) is 11.9. The van der Waals surface area contributed by atoms with Crippen LogP contribution in [0.4, 0.5) is 4.79 Å². The number of benzene rings is 2. The molecule has 2 fully saturated rings.